The monoisotopic (exact) mass is 448 g/mol. The van der Waals surface area contributed by atoms with E-state index in [0.29, 0.717) is 0 Å². The molecule has 0 atom stereocenters. The van der Waals surface area contributed by atoms with Crippen LogP contribution in [0, 0.1) is 5.82 Å². The second kappa shape index (κ2) is 7.99. The Bertz CT molecular complexity index is 1280. The Kier molecular flexibility index (Phi) is 5.72. The van der Waals surface area contributed by atoms with Crippen LogP contribution in [0.3, 0.4) is 0 Å². The molecule has 3 aromatic rings. The second-order valence-corrected chi connectivity index (χ2v) is 9.65. The van der Waals surface area contributed by atoms with Gasteiger partial charge in [-0.2, -0.15) is 0 Å². The van der Waals surface area contributed by atoms with E-state index in [4.69, 9.17) is 4.74 Å². The third kappa shape index (κ3) is 5.18. The van der Waals surface area contributed by atoms with E-state index < -0.39 is 33.3 Å². The van der Waals surface area contributed by atoms with Gasteiger partial charge in [0.25, 0.3) is 5.91 Å². The van der Waals surface area contributed by atoms with Gasteiger partial charge in [0, 0.05) is 12.5 Å². The van der Waals surface area contributed by atoms with Crippen molar-refractivity contribution in [3.63, 3.8) is 0 Å². The maximum atomic E-state index is 13.8. The highest BCUT2D eigenvalue weighted by Gasteiger charge is 2.24. The number of fused-ring (bicyclic) bond motifs is 1. The zero-order valence-corrected chi connectivity index (χ0v) is 18.1. The van der Waals surface area contributed by atoms with Crippen molar-refractivity contribution in [3.05, 3.63) is 54.1 Å². The van der Waals surface area contributed by atoms with Crippen LogP contribution in [-0.2, 0) is 14.6 Å². The van der Waals surface area contributed by atoms with Crippen LogP contribution in [0.25, 0.3) is 5.52 Å². The van der Waals surface area contributed by atoms with Gasteiger partial charge in [0.1, 0.15) is 11.4 Å². The van der Waals surface area contributed by atoms with Crippen LogP contribution in [0.15, 0.2) is 47.8 Å². The van der Waals surface area contributed by atoms with E-state index >= 15 is 0 Å². The molecule has 164 valence electrons. The number of aromatic nitrogens is 2. The molecule has 0 aliphatic carbocycles. The van der Waals surface area contributed by atoms with Crippen LogP contribution in [0.1, 0.15) is 31.3 Å². The normalized spacial score (nSPS) is 11.9. The van der Waals surface area contributed by atoms with Crippen LogP contribution < -0.4 is 10.6 Å². The predicted molar refractivity (Wildman–Crippen MR) is 113 cm³/mol. The Morgan fingerprint density at radius 1 is 1.10 bits per heavy atom. The highest BCUT2D eigenvalue weighted by atomic mass is 32.2. The topological polar surface area (TPSA) is 119 Å². The average Bonchev–Trinajstić information content (AvgIpc) is 3.02. The quantitative estimate of drug-likeness (QED) is 0.631. The number of carbonyl (C=O) groups excluding carboxylic acids is 2. The molecule has 3 rings (SSSR count). The number of hydrogen-bond donors (Lipinski definition) is 2. The van der Waals surface area contributed by atoms with Gasteiger partial charge in [-0.3, -0.25) is 14.5 Å². The number of nitrogens with zero attached hydrogens (tertiary/aromatic N) is 2. The molecule has 2 N–H and O–H groups in total. The van der Waals surface area contributed by atoms with Gasteiger partial charge in [0.05, 0.1) is 16.9 Å². The van der Waals surface area contributed by atoms with E-state index in [0.717, 1.165) is 18.4 Å². The molecule has 2 amide bonds. The largest absolute Gasteiger partial charge is 0.444 e. The number of anilines is 2. The fourth-order valence-corrected chi connectivity index (χ4v) is 3.54. The first kappa shape index (κ1) is 22.2. The standard InChI is InChI=1S/C20H21FN4O5S/c1-20(2,3)30-19(27)23-13-9-8-12(21)11-14(13)22-17(26)16-15-7-5-6-10-25(15)18(24-16)31(4,28)29/h5-11H,1-4H3,(H,22,26)(H,23,27). The van der Waals surface area contributed by atoms with Gasteiger partial charge >= 0.3 is 6.09 Å². The average molecular weight is 448 g/mol. The molecule has 2 heterocycles. The van der Waals surface area contributed by atoms with Crippen molar-refractivity contribution in [1.29, 1.82) is 0 Å². The van der Waals surface area contributed by atoms with Crippen molar-refractivity contribution in [2.24, 2.45) is 0 Å². The number of rotatable bonds is 4. The maximum Gasteiger partial charge on any atom is 0.412 e. The third-order valence-electron chi connectivity index (χ3n) is 3.93. The van der Waals surface area contributed by atoms with Gasteiger partial charge in [-0.15, -0.1) is 0 Å². The lowest BCUT2D eigenvalue weighted by molar-refractivity contribution is 0.0635. The molecule has 0 spiro atoms. The molecule has 31 heavy (non-hydrogen) atoms. The Balaban J connectivity index is 1.96. The highest BCUT2D eigenvalue weighted by molar-refractivity contribution is 7.90. The molecule has 9 nitrogen and oxygen atoms in total. The molecule has 0 bridgehead atoms. The minimum atomic E-state index is -3.72. The highest BCUT2D eigenvalue weighted by Crippen LogP contribution is 2.25. The van der Waals surface area contributed by atoms with E-state index in [1.165, 1.54) is 22.7 Å². The number of carbonyl (C=O) groups is 2. The van der Waals surface area contributed by atoms with Crippen molar-refractivity contribution in [2.45, 2.75) is 31.5 Å². The van der Waals surface area contributed by atoms with Gasteiger partial charge in [0.15, 0.2) is 5.69 Å². The number of hydrogen-bond acceptors (Lipinski definition) is 6. The summed E-state index contributed by atoms with van der Waals surface area (Å²) in [6, 6.07) is 8.14. The van der Waals surface area contributed by atoms with Crippen molar-refractivity contribution in [3.8, 4) is 0 Å². The number of ether oxygens (including phenoxy) is 1. The summed E-state index contributed by atoms with van der Waals surface area (Å²) in [7, 11) is -3.72. The molecule has 1 aromatic carbocycles. The van der Waals surface area contributed by atoms with E-state index in [1.807, 2.05) is 0 Å². The first-order valence-corrected chi connectivity index (χ1v) is 11.0. The fraction of sp³-hybridized carbons (Fsp3) is 0.250. The summed E-state index contributed by atoms with van der Waals surface area (Å²) in [5, 5.41) is 4.62. The summed E-state index contributed by atoms with van der Waals surface area (Å²) in [6.07, 6.45) is 1.65. The third-order valence-corrected chi connectivity index (χ3v) is 4.88. The summed E-state index contributed by atoms with van der Waals surface area (Å²) in [5.74, 6) is -1.44. The zero-order valence-electron chi connectivity index (χ0n) is 17.3. The van der Waals surface area contributed by atoms with Crippen molar-refractivity contribution in [2.75, 3.05) is 16.9 Å². The number of halogens is 1. The van der Waals surface area contributed by atoms with Gasteiger partial charge < -0.3 is 10.1 Å². The molecular weight excluding hydrogens is 427 g/mol. The lowest BCUT2D eigenvalue weighted by Gasteiger charge is -2.20. The summed E-state index contributed by atoms with van der Waals surface area (Å²) in [6.45, 7) is 5.05. The Hall–Kier alpha value is -3.47. The van der Waals surface area contributed by atoms with Gasteiger partial charge in [-0.05, 0) is 51.1 Å². The minimum absolute atomic E-state index is 0.0474. The summed E-state index contributed by atoms with van der Waals surface area (Å²) >= 11 is 0. The molecule has 0 fully saturated rings. The van der Waals surface area contributed by atoms with Crippen LogP contribution in [-0.4, -0.2) is 41.7 Å². The summed E-state index contributed by atoms with van der Waals surface area (Å²) in [4.78, 5) is 29.0. The first-order valence-electron chi connectivity index (χ1n) is 9.13. The van der Waals surface area contributed by atoms with Crippen LogP contribution in [0.4, 0.5) is 20.6 Å². The van der Waals surface area contributed by atoms with E-state index in [2.05, 4.69) is 15.6 Å². The number of imidazole rings is 1. The fourth-order valence-electron chi connectivity index (χ4n) is 2.76. The molecular formula is C20H21FN4O5S. The minimum Gasteiger partial charge on any atom is -0.444 e. The molecule has 11 heteroatoms. The van der Waals surface area contributed by atoms with Crippen molar-refractivity contribution >= 4 is 38.7 Å². The lowest BCUT2D eigenvalue weighted by atomic mass is 10.2. The van der Waals surface area contributed by atoms with Crippen LogP contribution in [0.2, 0.25) is 0 Å². The Morgan fingerprint density at radius 3 is 2.45 bits per heavy atom. The molecule has 0 unspecified atom stereocenters. The van der Waals surface area contributed by atoms with Crippen molar-refractivity contribution < 1.29 is 27.1 Å². The van der Waals surface area contributed by atoms with Crippen LogP contribution >= 0.6 is 0 Å². The molecule has 0 aliphatic heterocycles. The van der Waals surface area contributed by atoms with Gasteiger partial charge in [-0.1, -0.05) is 6.07 Å². The number of pyridine rings is 1. The number of nitrogens with one attached hydrogen (secondary N) is 2. The second-order valence-electron chi connectivity index (χ2n) is 7.74. The number of benzene rings is 1. The van der Waals surface area contributed by atoms with E-state index in [-0.39, 0.29) is 27.7 Å². The van der Waals surface area contributed by atoms with E-state index in [9.17, 15) is 22.4 Å². The van der Waals surface area contributed by atoms with E-state index in [1.54, 1.807) is 32.9 Å². The molecule has 0 saturated carbocycles. The maximum absolute atomic E-state index is 13.8. The Labute approximate surface area is 178 Å². The van der Waals surface area contributed by atoms with Crippen molar-refractivity contribution in [1.82, 2.24) is 9.38 Å². The van der Waals surface area contributed by atoms with Gasteiger partial charge in [0.2, 0.25) is 15.0 Å². The van der Waals surface area contributed by atoms with Crippen LogP contribution in [0.5, 0.6) is 0 Å². The SMILES string of the molecule is CC(C)(C)OC(=O)Nc1ccc(F)cc1NC(=O)c1nc(S(C)(=O)=O)n2ccccc12. The number of amides is 2. The first-order chi connectivity index (χ1) is 14.3. The summed E-state index contributed by atoms with van der Waals surface area (Å²) < 4.78 is 44.4. The smallest absolute Gasteiger partial charge is 0.412 e. The molecule has 2 aromatic heterocycles. The summed E-state index contributed by atoms with van der Waals surface area (Å²) in [5.41, 5.74) is -0.637. The molecule has 0 aliphatic rings. The van der Waals surface area contributed by atoms with Gasteiger partial charge in [-0.25, -0.2) is 22.6 Å². The predicted octanol–water partition coefficient (Wildman–Crippen LogP) is 3.48. The Morgan fingerprint density at radius 2 is 1.81 bits per heavy atom. The molecule has 0 radical (unpaired) electrons. The lowest BCUT2D eigenvalue weighted by Crippen LogP contribution is -2.27. The molecule has 0 saturated heterocycles. The number of sulfone groups is 1. The zero-order chi connectivity index (χ0) is 23.0.